The molecule has 0 radical (unpaired) electrons. The molecular formula is C8H13NW2-2. The Morgan fingerprint density at radius 3 is 2.45 bits per heavy atom. The fraction of sp³-hybridized carbons (Fsp3) is 0.500. The summed E-state index contributed by atoms with van der Waals surface area (Å²) in [5.41, 5.74) is 0. The van der Waals surface area contributed by atoms with Crippen LogP contribution >= 0.6 is 0 Å². The molecule has 0 aliphatic heterocycles. The molecule has 0 atom stereocenters. The topological polar surface area (TPSA) is 12.0 Å². The van der Waals surface area contributed by atoms with Gasteiger partial charge in [0.15, 0.2) is 0 Å². The first-order valence-corrected chi connectivity index (χ1v) is 6.27. The number of hydrogen-bond donors (Lipinski definition) is 1. The summed E-state index contributed by atoms with van der Waals surface area (Å²) in [4.78, 5) is 0. The van der Waals surface area contributed by atoms with Crippen molar-refractivity contribution in [3.8, 4) is 0 Å². The van der Waals surface area contributed by atoms with Gasteiger partial charge in [0.2, 0.25) is 0 Å². The molecule has 0 spiro atoms. The predicted molar refractivity (Wildman–Crippen MR) is 42.9 cm³/mol. The molecule has 0 saturated heterocycles. The Morgan fingerprint density at radius 1 is 1.73 bits per heavy atom. The number of nitrogens with one attached hydrogen (secondary N) is 1. The molecule has 0 aliphatic carbocycles. The van der Waals surface area contributed by atoms with Gasteiger partial charge >= 0.3 is 91.9 Å². The molecule has 0 aliphatic rings. The third-order valence-electron chi connectivity index (χ3n) is 0.701. The quantitative estimate of drug-likeness (QED) is 0.577. The van der Waals surface area contributed by atoms with Crippen molar-refractivity contribution in [2.75, 3.05) is 6.54 Å². The molecule has 0 bridgehead atoms. The second-order valence-electron chi connectivity index (χ2n) is 1.66. The fourth-order valence-corrected chi connectivity index (χ4v) is 0.674. The Labute approximate surface area is 91.5 Å². The first-order valence-electron chi connectivity index (χ1n) is 3.34. The van der Waals surface area contributed by atoms with Gasteiger partial charge in [-0.15, -0.1) is 0 Å². The molecule has 64 valence electrons. The van der Waals surface area contributed by atoms with E-state index in [9.17, 15) is 0 Å². The van der Waals surface area contributed by atoms with E-state index in [1.807, 2.05) is 6.92 Å². The van der Waals surface area contributed by atoms with Gasteiger partial charge in [-0.25, -0.2) is 0 Å². The maximum atomic E-state index is 5.21. The van der Waals surface area contributed by atoms with E-state index >= 15 is 0 Å². The van der Waals surface area contributed by atoms with Crippen molar-refractivity contribution in [1.82, 2.24) is 5.32 Å². The van der Waals surface area contributed by atoms with Crippen LogP contribution in [0.25, 0.3) is 0 Å². The third kappa shape index (κ3) is 18.1. The molecule has 0 aromatic carbocycles. The minimum atomic E-state index is 1.03. The normalized spacial score (nSPS) is 7.45. The van der Waals surface area contributed by atoms with Crippen LogP contribution in [0.1, 0.15) is 20.3 Å². The number of rotatable bonds is 4. The molecule has 1 nitrogen and oxygen atoms in total. The van der Waals surface area contributed by atoms with E-state index in [2.05, 4.69) is 16.6 Å². The molecule has 0 aromatic rings. The van der Waals surface area contributed by atoms with Crippen LogP contribution in [0, 0.1) is 6.58 Å². The Bertz CT molecular complexity index is 121. The van der Waals surface area contributed by atoms with E-state index in [-0.39, 0.29) is 0 Å². The van der Waals surface area contributed by atoms with Gasteiger partial charge in [-0.2, -0.15) is 0 Å². The van der Waals surface area contributed by atoms with E-state index in [1.54, 1.807) is 6.08 Å². The Balaban J connectivity index is 0. The van der Waals surface area contributed by atoms with Gasteiger partial charge in [-0.1, -0.05) is 0 Å². The van der Waals surface area contributed by atoms with Gasteiger partial charge < -0.3 is 0 Å². The molecule has 0 aromatic heterocycles. The van der Waals surface area contributed by atoms with Crippen LogP contribution < -0.4 is 5.32 Å². The minimum absolute atomic E-state index is 1.03. The van der Waals surface area contributed by atoms with Crippen molar-refractivity contribution in [3.05, 3.63) is 12.7 Å². The number of hydrogen-bond acceptors (Lipinski definition) is 1. The molecule has 0 saturated carbocycles. The van der Waals surface area contributed by atoms with Gasteiger partial charge in [0, 0.05) is 0 Å². The van der Waals surface area contributed by atoms with Gasteiger partial charge in [-0.3, -0.25) is 0 Å². The van der Waals surface area contributed by atoms with E-state index in [0.29, 0.717) is 0 Å². The first kappa shape index (κ1) is 14.3. The molecule has 0 unspecified atom stereocenters. The summed E-state index contributed by atoms with van der Waals surface area (Å²) < 4.78 is 3.96. The molecule has 0 amide bonds. The van der Waals surface area contributed by atoms with Crippen molar-refractivity contribution >= 4 is 8.42 Å². The predicted octanol–water partition coefficient (Wildman–Crippen LogP) is 0.884. The monoisotopic (exact) mass is 491 g/mol. The molecule has 0 heterocycles. The zero-order chi connectivity index (χ0) is 9.11. The van der Waals surface area contributed by atoms with Gasteiger partial charge in [0.05, 0.1) is 0 Å². The van der Waals surface area contributed by atoms with E-state index in [4.69, 9.17) is 6.58 Å². The van der Waals surface area contributed by atoms with E-state index < -0.39 is 0 Å². The van der Waals surface area contributed by atoms with Crippen molar-refractivity contribution in [2.24, 2.45) is 0 Å². The molecule has 0 fully saturated rings. The Morgan fingerprint density at radius 2 is 2.18 bits per heavy atom. The van der Waals surface area contributed by atoms with Gasteiger partial charge in [0.25, 0.3) is 0 Å². The summed E-state index contributed by atoms with van der Waals surface area (Å²) in [5.74, 6) is 0. The van der Waals surface area contributed by atoms with E-state index in [1.165, 1.54) is 38.7 Å². The zero-order valence-corrected chi connectivity index (χ0v) is 12.8. The summed E-state index contributed by atoms with van der Waals surface area (Å²) in [6.45, 7) is 10.3. The van der Waals surface area contributed by atoms with Crippen LogP contribution in [0.2, 0.25) is 0 Å². The average molecular weight is 491 g/mol. The van der Waals surface area contributed by atoms with Crippen LogP contribution in [0.5, 0.6) is 0 Å². The summed E-state index contributed by atoms with van der Waals surface area (Å²) in [5, 5.41) is 3.16. The van der Waals surface area contributed by atoms with Crippen LogP contribution in [-0.4, -0.2) is 15.0 Å². The van der Waals surface area contributed by atoms with E-state index in [0.717, 1.165) is 17.0 Å². The summed E-state index contributed by atoms with van der Waals surface area (Å²) in [6, 6.07) is 0. The molecule has 0 rings (SSSR count). The standard InChI is InChI=1S/C6H10N.C2H3.2W/c1-3-5-7-6-4-2;1-2;;/h1,3,7H,4,6H2,2H3;1H3;;/q2*-1;;. The van der Waals surface area contributed by atoms with Crippen LogP contribution in [0.15, 0.2) is 6.08 Å². The van der Waals surface area contributed by atoms with Gasteiger partial charge in [-0.05, 0) is 0 Å². The summed E-state index contributed by atoms with van der Waals surface area (Å²) in [6.07, 6.45) is 2.77. The Kier molecular flexibility index (Phi) is 17.5. The van der Waals surface area contributed by atoms with Crippen molar-refractivity contribution in [3.63, 3.8) is 0 Å². The SMILES string of the molecule is C[C-]=[W].[CH-]=C[C](=[W])NCCC. The second-order valence-corrected chi connectivity index (χ2v) is 4.71. The van der Waals surface area contributed by atoms with Crippen LogP contribution in [-0.2, 0) is 38.7 Å². The molecule has 1 N–H and O–H groups in total. The second kappa shape index (κ2) is 13.4. The maximum absolute atomic E-state index is 5.21. The first-order chi connectivity index (χ1) is 5.22. The van der Waals surface area contributed by atoms with Crippen molar-refractivity contribution < 1.29 is 38.7 Å². The van der Waals surface area contributed by atoms with Crippen LogP contribution in [0.4, 0.5) is 0 Å². The Hall–Kier alpha value is 0.817. The van der Waals surface area contributed by atoms with Crippen molar-refractivity contribution in [1.29, 1.82) is 0 Å². The zero-order valence-electron chi connectivity index (χ0n) is 6.89. The average Bonchev–Trinajstić information content (AvgIpc) is 2.02. The van der Waals surface area contributed by atoms with Crippen molar-refractivity contribution in [2.45, 2.75) is 20.3 Å². The third-order valence-corrected chi connectivity index (χ3v) is 1.71. The molecular weight excluding hydrogens is 478 g/mol. The van der Waals surface area contributed by atoms with Gasteiger partial charge in [0.1, 0.15) is 0 Å². The molecule has 3 heteroatoms. The fourth-order valence-electron chi connectivity index (χ4n) is 0.307. The summed E-state index contributed by atoms with van der Waals surface area (Å²) >= 11 is 2.82. The molecule has 11 heavy (non-hydrogen) atoms. The van der Waals surface area contributed by atoms with Crippen LogP contribution in [0.3, 0.4) is 0 Å². The summed E-state index contributed by atoms with van der Waals surface area (Å²) in [7, 11) is 0.